The Morgan fingerprint density at radius 1 is 0.967 bits per heavy atom. The van der Waals surface area contributed by atoms with Crippen molar-refractivity contribution in [3.05, 3.63) is 65.7 Å². The van der Waals surface area contributed by atoms with Gasteiger partial charge in [-0.3, -0.25) is 4.90 Å². The van der Waals surface area contributed by atoms with Crippen molar-refractivity contribution in [1.82, 2.24) is 14.5 Å². The predicted molar refractivity (Wildman–Crippen MR) is 125 cm³/mol. The zero-order chi connectivity index (χ0) is 21.6. The van der Waals surface area contributed by atoms with Gasteiger partial charge in [-0.1, -0.05) is 42.5 Å². The van der Waals surface area contributed by atoms with Crippen LogP contribution in [0.5, 0.6) is 0 Å². The maximum Gasteiger partial charge on any atom is 0.211 e. The summed E-state index contributed by atoms with van der Waals surface area (Å²) >= 11 is 0. The molecule has 0 amide bonds. The molecule has 7 heteroatoms. The van der Waals surface area contributed by atoms with Crippen LogP contribution in [-0.4, -0.2) is 77.8 Å². The van der Waals surface area contributed by atoms with Crippen LogP contribution in [0.15, 0.2) is 54.6 Å². The first kappa shape index (κ1) is 22.7. The Kier molecular flexibility index (Phi) is 7.88. The molecule has 0 saturated carbocycles. The first-order valence-electron chi connectivity index (χ1n) is 10.6. The number of hydrogen-bond donors (Lipinski definition) is 1. The second-order valence-electron chi connectivity index (χ2n) is 8.24. The van der Waals surface area contributed by atoms with Crippen molar-refractivity contribution in [2.45, 2.75) is 12.5 Å². The molecule has 6 nitrogen and oxygen atoms in total. The van der Waals surface area contributed by atoms with Crippen molar-refractivity contribution >= 4 is 15.7 Å². The van der Waals surface area contributed by atoms with Gasteiger partial charge in [0.25, 0.3) is 0 Å². The first-order chi connectivity index (χ1) is 14.3. The van der Waals surface area contributed by atoms with Gasteiger partial charge in [0.05, 0.1) is 5.75 Å². The van der Waals surface area contributed by atoms with E-state index in [-0.39, 0.29) is 11.8 Å². The number of nitrogens with one attached hydrogen (secondary N) is 1. The second kappa shape index (κ2) is 10.4. The van der Waals surface area contributed by atoms with Gasteiger partial charge in [-0.15, -0.1) is 0 Å². The molecule has 0 bridgehead atoms. The Bertz CT molecular complexity index is 877. The summed E-state index contributed by atoms with van der Waals surface area (Å²) in [6, 6.07) is 18.2. The number of anilines is 1. The van der Waals surface area contributed by atoms with Gasteiger partial charge in [-0.05, 0) is 36.7 Å². The third-order valence-electron chi connectivity index (χ3n) is 5.77. The lowest BCUT2D eigenvalue weighted by molar-refractivity contribution is 0.113. The van der Waals surface area contributed by atoms with Crippen LogP contribution in [0, 0.1) is 0 Å². The van der Waals surface area contributed by atoms with Gasteiger partial charge >= 0.3 is 0 Å². The molecule has 1 aliphatic rings. The average molecular weight is 431 g/mol. The molecular formula is C23H34N4O2S. The molecule has 1 aliphatic heterocycles. The number of sulfonamides is 1. The summed E-state index contributed by atoms with van der Waals surface area (Å²) in [5.41, 5.74) is 3.33. The van der Waals surface area contributed by atoms with Gasteiger partial charge in [0.1, 0.15) is 0 Å². The SMILES string of the molecule is CN1CCN([C@H](CNS(=O)(=O)CCc2ccccc2)c2ccc(N(C)C)cc2)CC1. The molecule has 1 fully saturated rings. The van der Waals surface area contributed by atoms with Gasteiger partial charge in [-0.25, -0.2) is 13.1 Å². The molecule has 1 N–H and O–H groups in total. The van der Waals surface area contributed by atoms with Gasteiger partial charge in [-0.2, -0.15) is 0 Å². The number of piperazine rings is 1. The van der Waals surface area contributed by atoms with E-state index in [4.69, 9.17) is 0 Å². The van der Waals surface area contributed by atoms with Crippen molar-refractivity contribution in [3.8, 4) is 0 Å². The summed E-state index contributed by atoms with van der Waals surface area (Å²) in [5.74, 6) is 0.103. The molecular weight excluding hydrogens is 396 g/mol. The Morgan fingerprint density at radius 2 is 1.60 bits per heavy atom. The second-order valence-corrected chi connectivity index (χ2v) is 10.2. The smallest absolute Gasteiger partial charge is 0.211 e. The highest BCUT2D eigenvalue weighted by Crippen LogP contribution is 2.24. The molecule has 0 aromatic heterocycles. The zero-order valence-corrected chi connectivity index (χ0v) is 19.1. The first-order valence-corrected chi connectivity index (χ1v) is 12.2. The molecule has 0 aliphatic carbocycles. The fraction of sp³-hybridized carbons (Fsp3) is 0.478. The highest BCUT2D eigenvalue weighted by Gasteiger charge is 2.25. The molecule has 1 saturated heterocycles. The van der Waals surface area contributed by atoms with Crippen LogP contribution in [0.4, 0.5) is 5.69 Å². The minimum Gasteiger partial charge on any atom is -0.378 e. The maximum absolute atomic E-state index is 12.7. The summed E-state index contributed by atoms with van der Waals surface area (Å²) in [6.45, 7) is 4.24. The van der Waals surface area contributed by atoms with Crippen LogP contribution >= 0.6 is 0 Å². The fourth-order valence-electron chi connectivity index (χ4n) is 3.76. The van der Waals surface area contributed by atoms with E-state index >= 15 is 0 Å². The Morgan fingerprint density at radius 3 is 2.20 bits per heavy atom. The molecule has 1 atom stereocenters. The normalized spacial score (nSPS) is 17.0. The van der Waals surface area contributed by atoms with E-state index in [2.05, 4.69) is 50.7 Å². The number of likely N-dealkylation sites (N-methyl/N-ethyl adjacent to an activating group) is 1. The van der Waals surface area contributed by atoms with Crippen LogP contribution < -0.4 is 9.62 Å². The van der Waals surface area contributed by atoms with Crippen molar-refractivity contribution in [2.24, 2.45) is 0 Å². The topological polar surface area (TPSA) is 55.9 Å². The minimum atomic E-state index is -3.35. The fourth-order valence-corrected chi connectivity index (χ4v) is 4.82. The molecule has 30 heavy (non-hydrogen) atoms. The average Bonchev–Trinajstić information content (AvgIpc) is 2.75. The number of benzene rings is 2. The van der Waals surface area contributed by atoms with Crippen molar-refractivity contribution in [2.75, 3.05) is 64.5 Å². The molecule has 0 spiro atoms. The number of aryl methyl sites for hydroxylation is 1. The zero-order valence-electron chi connectivity index (χ0n) is 18.3. The standard InChI is InChI=1S/C23H34N4O2S/c1-25(2)22-11-9-21(10-12-22)23(27-16-14-26(3)15-17-27)19-24-30(28,29)18-13-20-7-5-4-6-8-20/h4-12,23-24H,13-19H2,1-3H3/t23-/m1/s1. The predicted octanol–water partition coefficient (Wildman–Crippen LogP) is 2.20. The molecule has 3 rings (SSSR count). The van der Waals surface area contributed by atoms with E-state index in [0.717, 1.165) is 43.0 Å². The molecule has 0 unspecified atom stereocenters. The van der Waals surface area contributed by atoms with Crippen molar-refractivity contribution < 1.29 is 8.42 Å². The van der Waals surface area contributed by atoms with Crippen LogP contribution in [0.3, 0.4) is 0 Å². The molecule has 1 heterocycles. The number of rotatable bonds is 9. The Labute approximate surface area is 181 Å². The number of nitrogens with zero attached hydrogens (tertiary/aromatic N) is 3. The Balaban J connectivity index is 1.68. The number of hydrogen-bond acceptors (Lipinski definition) is 5. The highest BCUT2D eigenvalue weighted by molar-refractivity contribution is 7.89. The van der Waals surface area contributed by atoms with E-state index < -0.39 is 10.0 Å². The van der Waals surface area contributed by atoms with Gasteiger partial charge in [0.15, 0.2) is 0 Å². The molecule has 2 aromatic rings. The van der Waals surface area contributed by atoms with Crippen LogP contribution in [0.1, 0.15) is 17.2 Å². The summed E-state index contributed by atoms with van der Waals surface area (Å²) in [5, 5.41) is 0. The van der Waals surface area contributed by atoms with Crippen LogP contribution in [0.2, 0.25) is 0 Å². The minimum absolute atomic E-state index is 0.0291. The molecule has 0 radical (unpaired) electrons. The largest absolute Gasteiger partial charge is 0.378 e. The molecule has 2 aromatic carbocycles. The highest BCUT2D eigenvalue weighted by atomic mass is 32.2. The quantitative estimate of drug-likeness (QED) is 0.661. The maximum atomic E-state index is 12.7. The summed E-state index contributed by atoms with van der Waals surface area (Å²) < 4.78 is 28.2. The van der Waals surface area contributed by atoms with Gasteiger partial charge in [0.2, 0.25) is 10.0 Å². The third kappa shape index (κ3) is 6.54. The van der Waals surface area contributed by atoms with Crippen LogP contribution in [0.25, 0.3) is 0 Å². The van der Waals surface area contributed by atoms with E-state index in [9.17, 15) is 8.42 Å². The third-order valence-corrected chi connectivity index (χ3v) is 7.12. The Hall–Kier alpha value is -1.93. The van der Waals surface area contributed by atoms with E-state index in [1.807, 2.05) is 44.4 Å². The summed E-state index contributed by atoms with van der Waals surface area (Å²) in [7, 11) is 2.82. The van der Waals surface area contributed by atoms with Crippen molar-refractivity contribution in [1.29, 1.82) is 0 Å². The van der Waals surface area contributed by atoms with E-state index in [0.29, 0.717) is 13.0 Å². The van der Waals surface area contributed by atoms with Gasteiger partial charge < -0.3 is 9.80 Å². The van der Waals surface area contributed by atoms with Crippen LogP contribution in [-0.2, 0) is 16.4 Å². The summed E-state index contributed by atoms with van der Waals surface area (Å²) in [6.07, 6.45) is 0.521. The summed E-state index contributed by atoms with van der Waals surface area (Å²) in [4.78, 5) is 6.78. The lowest BCUT2D eigenvalue weighted by Gasteiger charge is -2.38. The van der Waals surface area contributed by atoms with E-state index in [1.54, 1.807) is 0 Å². The lowest BCUT2D eigenvalue weighted by atomic mass is 10.0. The van der Waals surface area contributed by atoms with Crippen molar-refractivity contribution in [3.63, 3.8) is 0 Å². The van der Waals surface area contributed by atoms with Gasteiger partial charge in [0, 0.05) is 58.5 Å². The molecule has 164 valence electrons. The van der Waals surface area contributed by atoms with E-state index in [1.165, 1.54) is 0 Å². The monoisotopic (exact) mass is 430 g/mol. The lowest BCUT2D eigenvalue weighted by Crippen LogP contribution is -2.48.